The van der Waals surface area contributed by atoms with Gasteiger partial charge in [0.2, 0.25) is 0 Å². The molecule has 2 aromatic carbocycles. The minimum atomic E-state index is -0.423. The minimum Gasteiger partial charge on any atom is -0.341 e. The van der Waals surface area contributed by atoms with Gasteiger partial charge in [0.15, 0.2) is 0 Å². The standard InChI is InChI=1S/C15H13BrFN3O2/c1-18-15(22)20-11-5-3-10(4-6-11)19-14(21)12-7-2-9(17)8-13(12)16/h2-8H,1H3,(H,19,21)(H2,18,20,22). The van der Waals surface area contributed by atoms with Gasteiger partial charge < -0.3 is 16.0 Å². The third-order valence-corrected chi connectivity index (χ3v) is 3.46. The van der Waals surface area contributed by atoms with Crippen molar-refractivity contribution in [1.82, 2.24) is 5.32 Å². The predicted octanol–water partition coefficient (Wildman–Crippen LogP) is 3.59. The van der Waals surface area contributed by atoms with E-state index in [2.05, 4.69) is 31.9 Å². The van der Waals surface area contributed by atoms with E-state index in [0.29, 0.717) is 21.4 Å². The van der Waals surface area contributed by atoms with E-state index in [0.717, 1.165) is 0 Å². The Morgan fingerprint density at radius 3 is 2.14 bits per heavy atom. The molecule has 0 aliphatic heterocycles. The first-order valence-corrected chi connectivity index (χ1v) is 7.14. The molecule has 3 amide bonds. The van der Waals surface area contributed by atoms with Gasteiger partial charge in [-0.1, -0.05) is 0 Å². The van der Waals surface area contributed by atoms with Crippen LogP contribution in [0.4, 0.5) is 20.6 Å². The summed E-state index contributed by atoms with van der Waals surface area (Å²) in [4.78, 5) is 23.3. The van der Waals surface area contributed by atoms with Crippen LogP contribution in [0.25, 0.3) is 0 Å². The Kier molecular flexibility index (Phi) is 5.11. The molecule has 0 saturated heterocycles. The number of benzene rings is 2. The lowest BCUT2D eigenvalue weighted by Crippen LogP contribution is -2.24. The first kappa shape index (κ1) is 16.0. The summed E-state index contributed by atoms with van der Waals surface area (Å²) < 4.78 is 13.4. The van der Waals surface area contributed by atoms with Crippen LogP contribution in [0.1, 0.15) is 10.4 Å². The van der Waals surface area contributed by atoms with Crippen molar-refractivity contribution in [2.75, 3.05) is 17.7 Å². The molecule has 0 aliphatic carbocycles. The summed E-state index contributed by atoms with van der Waals surface area (Å²) in [7, 11) is 1.52. The van der Waals surface area contributed by atoms with E-state index >= 15 is 0 Å². The predicted molar refractivity (Wildman–Crippen MR) is 86.6 cm³/mol. The van der Waals surface area contributed by atoms with Crippen LogP contribution in [0.15, 0.2) is 46.9 Å². The van der Waals surface area contributed by atoms with E-state index < -0.39 is 5.82 Å². The summed E-state index contributed by atoms with van der Waals surface area (Å²) in [5, 5.41) is 7.74. The summed E-state index contributed by atoms with van der Waals surface area (Å²) in [5.74, 6) is -0.785. The molecule has 5 nitrogen and oxygen atoms in total. The van der Waals surface area contributed by atoms with E-state index in [4.69, 9.17) is 0 Å². The first-order chi connectivity index (χ1) is 10.5. The Labute approximate surface area is 135 Å². The Bertz CT molecular complexity index is 704. The Morgan fingerprint density at radius 1 is 1.00 bits per heavy atom. The number of hydrogen-bond acceptors (Lipinski definition) is 2. The molecular weight excluding hydrogens is 353 g/mol. The number of anilines is 2. The van der Waals surface area contributed by atoms with Crippen molar-refractivity contribution in [2.45, 2.75) is 0 Å². The van der Waals surface area contributed by atoms with Gasteiger partial charge in [-0.3, -0.25) is 4.79 Å². The highest BCUT2D eigenvalue weighted by molar-refractivity contribution is 9.10. The highest BCUT2D eigenvalue weighted by Gasteiger charge is 2.11. The van der Waals surface area contributed by atoms with Crippen molar-refractivity contribution in [3.05, 3.63) is 58.3 Å². The topological polar surface area (TPSA) is 70.2 Å². The van der Waals surface area contributed by atoms with Crippen molar-refractivity contribution in [3.8, 4) is 0 Å². The van der Waals surface area contributed by atoms with Crippen LogP contribution in [-0.2, 0) is 0 Å². The maximum Gasteiger partial charge on any atom is 0.318 e. The fourth-order valence-corrected chi connectivity index (χ4v) is 2.23. The maximum atomic E-state index is 13.0. The molecule has 7 heteroatoms. The molecule has 0 saturated carbocycles. The van der Waals surface area contributed by atoms with E-state index in [-0.39, 0.29) is 11.9 Å². The number of carbonyl (C=O) groups is 2. The van der Waals surface area contributed by atoms with Crippen LogP contribution in [0.3, 0.4) is 0 Å². The van der Waals surface area contributed by atoms with Crippen molar-refractivity contribution in [2.24, 2.45) is 0 Å². The number of rotatable bonds is 3. The van der Waals surface area contributed by atoms with Gasteiger partial charge in [0.25, 0.3) is 5.91 Å². The second kappa shape index (κ2) is 7.04. The summed E-state index contributed by atoms with van der Waals surface area (Å²) in [6, 6.07) is 10.1. The lowest BCUT2D eigenvalue weighted by atomic mass is 10.2. The fraction of sp³-hybridized carbons (Fsp3) is 0.0667. The van der Waals surface area contributed by atoms with Crippen LogP contribution in [0.2, 0.25) is 0 Å². The number of nitrogens with one attached hydrogen (secondary N) is 3. The van der Waals surface area contributed by atoms with Crippen molar-refractivity contribution < 1.29 is 14.0 Å². The van der Waals surface area contributed by atoms with Crippen molar-refractivity contribution in [3.63, 3.8) is 0 Å². The molecule has 2 aromatic rings. The summed E-state index contributed by atoms with van der Waals surface area (Å²) in [6.07, 6.45) is 0. The molecule has 0 fully saturated rings. The number of halogens is 2. The van der Waals surface area contributed by atoms with Crippen LogP contribution < -0.4 is 16.0 Å². The van der Waals surface area contributed by atoms with Crippen LogP contribution in [0.5, 0.6) is 0 Å². The Hall–Kier alpha value is -2.41. The highest BCUT2D eigenvalue weighted by atomic mass is 79.9. The summed E-state index contributed by atoms with van der Waals surface area (Å²) >= 11 is 3.15. The average molecular weight is 366 g/mol. The van der Waals surface area contributed by atoms with Crippen molar-refractivity contribution in [1.29, 1.82) is 0 Å². The zero-order valence-corrected chi connectivity index (χ0v) is 13.2. The normalized spacial score (nSPS) is 9.95. The molecule has 0 aromatic heterocycles. The first-order valence-electron chi connectivity index (χ1n) is 6.35. The molecule has 2 rings (SSSR count). The molecule has 0 unspecified atom stereocenters. The molecule has 0 spiro atoms. The average Bonchev–Trinajstić information content (AvgIpc) is 2.49. The van der Waals surface area contributed by atoms with Gasteiger partial charge >= 0.3 is 6.03 Å². The molecule has 114 valence electrons. The molecular formula is C15H13BrFN3O2. The monoisotopic (exact) mass is 365 g/mol. The lowest BCUT2D eigenvalue weighted by Gasteiger charge is -2.08. The molecule has 0 bridgehead atoms. The van der Waals surface area contributed by atoms with Crippen molar-refractivity contribution >= 4 is 39.2 Å². The zero-order valence-electron chi connectivity index (χ0n) is 11.6. The van der Waals surface area contributed by atoms with Gasteiger partial charge in [-0.25, -0.2) is 9.18 Å². The second-order valence-corrected chi connectivity index (χ2v) is 5.21. The number of amides is 3. The van der Waals surface area contributed by atoms with Gasteiger partial charge in [-0.05, 0) is 58.4 Å². The smallest absolute Gasteiger partial charge is 0.318 e. The largest absolute Gasteiger partial charge is 0.341 e. The van der Waals surface area contributed by atoms with Gasteiger partial charge in [0, 0.05) is 22.9 Å². The highest BCUT2D eigenvalue weighted by Crippen LogP contribution is 2.20. The van der Waals surface area contributed by atoms with Crippen LogP contribution in [0, 0.1) is 5.82 Å². The lowest BCUT2D eigenvalue weighted by molar-refractivity contribution is 0.102. The van der Waals surface area contributed by atoms with E-state index in [1.165, 1.54) is 25.2 Å². The number of urea groups is 1. The molecule has 0 atom stereocenters. The van der Waals surface area contributed by atoms with Gasteiger partial charge in [-0.15, -0.1) is 0 Å². The van der Waals surface area contributed by atoms with E-state index in [1.54, 1.807) is 24.3 Å². The SMILES string of the molecule is CNC(=O)Nc1ccc(NC(=O)c2ccc(F)cc2Br)cc1. The fourth-order valence-electron chi connectivity index (χ4n) is 1.70. The van der Waals surface area contributed by atoms with Gasteiger partial charge in [0.1, 0.15) is 5.82 Å². The minimum absolute atomic E-state index is 0.327. The summed E-state index contributed by atoms with van der Waals surface area (Å²) in [5.41, 5.74) is 1.48. The van der Waals surface area contributed by atoms with Crippen LogP contribution in [-0.4, -0.2) is 19.0 Å². The van der Waals surface area contributed by atoms with E-state index in [9.17, 15) is 14.0 Å². The number of hydrogen-bond donors (Lipinski definition) is 3. The molecule has 0 radical (unpaired) electrons. The van der Waals surface area contributed by atoms with E-state index in [1.807, 2.05) is 0 Å². The maximum absolute atomic E-state index is 13.0. The summed E-state index contributed by atoms with van der Waals surface area (Å²) in [6.45, 7) is 0. The van der Waals surface area contributed by atoms with Gasteiger partial charge in [0.05, 0.1) is 5.56 Å². The Morgan fingerprint density at radius 2 is 1.59 bits per heavy atom. The second-order valence-electron chi connectivity index (χ2n) is 4.36. The molecule has 22 heavy (non-hydrogen) atoms. The quantitative estimate of drug-likeness (QED) is 0.777. The third kappa shape index (κ3) is 4.05. The molecule has 0 aliphatic rings. The number of carbonyl (C=O) groups excluding carboxylic acids is 2. The molecule has 0 heterocycles. The molecule has 3 N–H and O–H groups in total. The third-order valence-electron chi connectivity index (χ3n) is 2.80. The van der Waals surface area contributed by atoms with Gasteiger partial charge in [-0.2, -0.15) is 0 Å². The zero-order chi connectivity index (χ0) is 16.1. The van der Waals surface area contributed by atoms with Crippen LogP contribution >= 0.6 is 15.9 Å². The Balaban J connectivity index is 2.07.